The van der Waals surface area contributed by atoms with E-state index in [0.29, 0.717) is 16.5 Å². The van der Waals surface area contributed by atoms with Gasteiger partial charge in [-0.25, -0.2) is 9.59 Å². The molecule has 0 heterocycles. The molecule has 0 aliphatic carbocycles. The molecular formula is C26H20O10. The van der Waals surface area contributed by atoms with Crippen molar-refractivity contribution in [1.29, 1.82) is 0 Å². The fourth-order valence-electron chi connectivity index (χ4n) is 3.73. The number of phenols is 6. The Morgan fingerprint density at radius 1 is 0.694 bits per heavy atom. The number of ether oxygens (including phenoxy) is 1. The van der Waals surface area contributed by atoms with Crippen molar-refractivity contribution in [2.75, 3.05) is 0 Å². The van der Waals surface area contributed by atoms with Crippen LogP contribution in [0.15, 0.2) is 60.7 Å². The molecule has 0 spiro atoms. The number of benzene rings is 4. The van der Waals surface area contributed by atoms with Gasteiger partial charge in [0.2, 0.25) is 5.60 Å². The summed E-state index contributed by atoms with van der Waals surface area (Å²) in [5.41, 5.74) is -1.88. The zero-order valence-corrected chi connectivity index (χ0v) is 18.6. The molecule has 0 aromatic heterocycles. The van der Waals surface area contributed by atoms with Gasteiger partial charge in [0.25, 0.3) is 0 Å². The number of phenolic OH excluding ortho intramolecular Hbond substituents is 6. The molecule has 0 saturated carbocycles. The third-order valence-electron chi connectivity index (χ3n) is 5.80. The second-order valence-electron chi connectivity index (χ2n) is 8.22. The van der Waals surface area contributed by atoms with Crippen LogP contribution in [0.5, 0.6) is 34.5 Å². The third-order valence-corrected chi connectivity index (χ3v) is 5.80. The van der Waals surface area contributed by atoms with Gasteiger partial charge in [0, 0.05) is 5.56 Å². The summed E-state index contributed by atoms with van der Waals surface area (Å²) in [6.07, 6.45) is 0. The highest BCUT2D eigenvalue weighted by Crippen LogP contribution is 2.40. The van der Waals surface area contributed by atoms with Crippen LogP contribution < -0.4 is 0 Å². The lowest BCUT2D eigenvalue weighted by molar-refractivity contribution is -0.158. The van der Waals surface area contributed by atoms with Crippen molar-refractivity contribution in [1.82, 2.24) is 0 Å². The fourth-order valence-corrected chi connectivity index (χ4v) is 3.73. The molecule has 1 unspecified atom stereocenters. The summed E-state index contributed by atoms with van der Waals surface area (Å²) in [7, 11) is 0. The van der Waals surface area contributed by atoms with E-state index in [-0.39, 0.29) is 22.3 Å². The first-order valence-electron chi connectivity index (χ1n) is 10.4. The number of hydrogen-bond donors (Lipinski definition) is 7. The van der Waals surface area contributed by atoms with Gasteiger partial charge >= 0.3 is 11.9 Å². The van der Waals surface area contributed by atoms with Crippen LogP contribution in [-0.4, -0.2) is 47.7 Å². The van der Waals surface area contributed by atoms with Gasteiger partial charge in [-0.3, -0.25) is 0 Å². The van der Waals surface area contributed by atoms with Gasteiger partial charge in [0.15, 0.2) is 34.5 Å². The highest BCUT2D eigenvalue weighted by atomic mass is 16.6. The SMILES string of the molecule is CC(OC(=O)c1cc(-c2ccc(O)c(O)c2)c2cc(O)c(O)cc2c1)(C(=O)O)c1ccc(O)c(O)c1. The van der Waals surface area contributed by atoms with Crippen molar-refractivity contribution in [2.24, 2.45) is 0 Å². The molecule has 0 amide bonds. The quantitative estimate of drug-likeness (QED) is 0.159. The van der Waals surface area contributed by atoms with Crippen LogP contribution in [0.1, 0.15) is 22.8 Å². The highest BCUT2D eigenvalue weighted by molar-refractivity contribution is 6.05. The van der Waals surface area contributed by atoms with Gasteiger partial charge in [-0.15, -0.1) is 0 Å². The molecule has 10 heteroatoms. The first-order valence-corrected chi connectivity index (χ1v) is 10.4. The average Bonchev–Trinajstić information content (AvgIpc) is 2.82. The summed E-state index contributed by atoms with van der Waals surface area (Å²) in [5, 5.41) is 69.5. The Balaban J connectivity index is 1.86. The van der Waals surface area contributed by atoms with Crippen LogP contribution >= 0.6 is 0 Å². The van der Waals surface area contributed by atoms with E-state index >= 15 is 0 Å². The predicted molar refractivity (Wildman–Crippen MR) is 126 cm³/mol. The summed E-state index contributed by atoms with van der Waals surface area (Å²) < 4.78 is 5.37. The molecule has 36 heavy (non-hydrogen) atoms. The zero-order chi connectivity index (χ0) is 26.4. The molecule has 7 N–H and O–H groups in total. The Hall–Kier alpha value is -5.12. The molecule has 4 aromatic carbocycles. The maximum absolute atomic E-state index is 13.2. The van der Waals surface area contributed by atoms with Crippen molar-refractivity contribution in [3.63, 3.8) is 0 Å². The van der Waals surface area contributed by atoms with Crippen molar-refractivity contribution >= 4 is 22.7 Å². The van der Waals surface area contributed by atoms with Gasteiger partial charge in [-0.2, -0.15) is 0 Å². The van der Waals surface area contributed by atoms with Crippen molar-refractivity contribution < 1.29 is 50.1 Å². The van der Waals surface area contributed by atoms with E-state index in [1.165, 1.54) is 48.5 Å². The number of aromatic hydroxyl groups is 6. The molecule has 184 valence electrons. The predicted octanol–water partition coefficient (Wildman–Crippen LogP) is 3.90. The first kappa shape index (κ1) is 24.0. The van der Waals surface area contributed by atoms with Crippen LogP contribution in [-0.2, 0) is 15.1 Å². The number of carbonyl (C=O) groups is 2. The topological polar surface area (TPSA) is 185 Å². The van der Waals surface area contributed by atoms with Crippen molar-refractivity contribution in [3.05, 3.63) is 71.8 Å². The normalized spacial score (nSPS) is 12.7. The molecule has 0 aliphatic heterocycles. The Morgan fingerprint density at radius 3 is 1.89 bits per heavy atom. The van der Waals surface area contributed by atoms with Crippen LogP contribution in [0, 0.1) is 0 Å². The molecular weight excluding hydrogens is 472 g/mol. The van der Waals surface area contributed by atoms with E-state index in [2.05, 4.69) is 0 Å². The van der Waals surface area contributed by atoms with Crippen molar-refractivity contribution in [3.8, 4) is 45.6 Å². The second kappa shape index (κ2) is 8.58. The molecule has 0 radical (unpaired) electrons. The third kappa shape index (κ3) is 4.11. The van der Waals surface area contributed by atoms with Crippen LogP contribution in [0.2, 0.25) is 0 Å². The van der Waals surface area contributed by atoms with E-state index in [4.69, 9.17) is 4.74 Å². The lowest BCUT2D eigenvalue weighted by atomic mass is 9.93. The number of hydrogen-bond acceptors (Lipinski definition) is 9. The van der Waals surface area contributed by atoms with Crippen molar-refractivity contribution in [2.45, 2.75) is 12.5 Å². The minimum absolute atomic E-state index is 0.120. The molecule has 1 atom stereocenters. The summed E-state index contributed by atoms with van der Waals surface area (Å²) >= 11 is 0. The number of carboxylic acid groups (broad SMARTS) is 1. The molecule has 0 fully saturated rings. The summed E-state index contributed by atoms with van der Waals surface area (Å²) in [4.78, 5) is 25.3. The molecule has 4 aromatic rings. The average molecular weight is 492 g/mol. The number of carbonyl (C=O) groups excluding carboxylic acids is 1. The Morgan fingerprint density at radius 2 is 1.28 bits per heavy atom. The van der Waals surface area contributed by atoms with Gasteiger partial charge < -0.3 is 40.5 Å². The van der Waals surface area contributed by atoms with E-state index in [9.17, 15) is 45.3 Å². The Bertz CT molecular complexity index is 1540. The molecule has 10 nitrogen and oxygen atoms in total. The lowest BCUT2D eigenvalue weighted by Gasteiger charge is -2.26. The van der Waals surface area contributed by atoms with Crippen LogP contribution in [0.3, 0.4) is 0 Å². The Labute approximate surface area is 203 Å². The summed E-state index contributed by atoms with van der Waals surface area (Å²) in [5.74, 6) is -5.45. The monoisotopic (exact) mass is 492 g/mol. The maximum Gasteiger partial charge on any atom is 0.352 e. The second-order valence-corrected chi connectivity index (χ2v) is 8.22. The number of carboxylic acids is 1. The molecule has 4 rings (SSSR count). The number of esters is 1. The smallest absolute Gasteiger partial charge is 0.352 e. The maximum atomic E-state index is 13.2. The zero-order valence-electron chi connectivity index (χ0n) is 18.6. The molecule has 0 saturated heterocycles. The number of fused-ring (bicyclic) bond motifs is 1. The van der Waals surface area contributed by atoms with Gasteiger partial charge in [-0.05, 0) is 77.4 Å². The summed E-state index contributed by atoms with van der Waals surface area (Å²) in [6, 6.07) is 12.2. The van der Waals surface area contributed by atoms with Gasteiger partial charge in [-0.1, -0.05) is 12.1 Å². The van der Waals surface area contributed by atoms with E-state index in [0.717, 1.165) is 19.1 Å². The van der Waals surface area contributed by atoms with Gasteiger partial charge in [0.1, 0.15) is 0 Å². The minimum atomic E-state index is -2.26. The Kier molecular flexibility index (Phi) is 5.73. The standard InChI is InChI=1S/C26H20O10/c1-26(25(34)35,15-3-5-19(28)22(31)10-15)36-24(33)14-6-13-9-21(30)23(32)11-17(13)16(7-14)12-2-4-18(27)20(29)8-12/h2-11,27-32H,1H3,(H,34,35). The van der Waals surface area contributed by atoms with Crippen LogP contribution in [0.25, 0.3) is 21.9 Å². The lowest BCUT2D eigenvalue weighted by Crippen LogP contribution is -2.37. The van der Waals surface area contributed by atoms with Gasteiger partial charge in [0.05, 0.1) is 5.56 Å². The van der Waals surface area contributed by atoms with E-state index in [1.807, 2.05) is 0 Å². The molecule has 0 aliphatic rings. The number of rotatable bonds is 5. The summed E-state index contributed by atoms with van der Waals surface area (Å²) in [6.45, 7) is 1.10. The number of aliphatic carboxylic acids is 1. The molecule has 0 bridgehead atoms. The largest absolute Gasteiger partial charge is 0.504 e. The van der Waals surface area contributed by atoms with E-state index in [1.54, 1.807) is 0 Å². The fraction of sp³-hybridized carbons (Fsp3) is 0.0769. The van der Waals surface area contributed by atoms with E-state index < -0.39 is 46.3 Å². The van der Waals surface area contributed by atoms with Crippen LogP contribution in [0.4, 0.5) is 0 Å². The highest BCUT2D eigenvalue weighted by Gasteiger charge is 2.40. The minimum Gasteiger partial charge on any atom is -0.504 e. The first-order chi connectivity index (χ1) is 16.9.